The van der Waals surface area contributed by atoms with Crippen molar-refractivity contribution in [1.82, 2.24) is 4.98 Å². The minimum Gasteiger partial charge on any atom is -0.286 e. The molecule has 0 spiro atoms. The zero-order chi connectivity index (χ0) is 12.4. The minimum atomic E-state index is 0.0462. The predicted octanol–water partition coefficient (Wildman–Crippen LogP) is 4.03. The molecule has 1 aliphatic rings. The van der Waals surface area contributed by atoms with Crippen LogP contribution in [0.15, 0.2) is 35.7 Å². The summed E-state index contributed by atoms with van der Waals surface area (Å²) in [5.41, 5.74) is 1.85. The SMILES string of the molecule is O=C(c1ccccc1)c1nc(C2CCCC2)cs1. The largest absolute Gasteiger partial charge is 0.286 e. The molecule has 0 bridgehead atoms. The van der Waals surface area contributed by atoms with Crippen LogP contribution in [0.5, 0.6) is 0 Å². The van der Waals surface area contributed by atoms with Crippen LogP contribution in [0.2, 0.25) is 0 Å². The van der Waals surface area contributed by atoms with Gasteiger partial charge < -0.3 is 0 Å². The van der Waals surface area contributed by atoms with E-state index in [-0.39, 0.29) is 5.78 Å². The number of carbonyl (C=O) groups excluding carboxylic acids is 1. The van der Waals surface area contributed by atoms with Gasteiger partial charge in [-0.1, -0.05) is 43.2 Å². The number of nitrogens with zero attached hydrogens (tertiary/aromatic N) is 1. The second-order valence-corrected chi connectivity index (χ2v) is 5.61. The van der Waals surface area contributed by atoms with Crippen LogP contribution >= 0.6 is 11.3 Å². The summed E-state index contributed by atoms with van der Waals surface area (Å²) < 4.78 is 0. The standard InChI is InChI=1S/C15H15NOS/c17-14(12-8-2-1-3-9-12)15-16-13(10-18-15)11-6-4-5-7-11/h1-3,8-11H,4-7H2. The van der Waals surface area contributed by atoms with Crippen molar-refractivity contribution in [1.29, 1.82) is 0 Å². The molecule has 1 aliphatic carbocycles. The Morgan fingerprint density at radius 1 is 1.17 bits per heavy atom. The number of rotatable bonds is 3. The van der Waals surface area contributed by atoms with Gasteiger partial charge in [-0.05, 0) is 12.8 Å². The van der Waals surface area contributed by atoms with Crippen LogP contribution in [0.1, 0.15) is 52.7 Å². The monoisotopic (exact) mass is 257 g/mol. The Labute approximate surface area is 111 Å². The first-order valence-corrected chi connectivity index (χ1v) is 7.28. The van der Waals surface area contributed by atoms with E-state index in [2.05, 4.69) is 10.4 Å². The maximum Gasteiger partial charge on any atom is 0.221 e. The lowest BCUT2D eigenvalue weighted by molar-refractivity contribution is 0.103. The number of hydrogen-bond donors (Lipinski definition) is 0. The van der Waals surface area contributed by atoms with E-state index in [1.54, 1.807) is 0 Å². The molecule has 3 heteroatoms. The van der Waals surface area contributed by atoms with E-state index in [4.69, 9.17) is 0 Å². The first kappa shape index (κ1) is 11.6. The Morgan fingerprint density at radius 3 is 2.61 bits per heavy atom. The van der Waals surface area contributed by atoms with Crippen LogP contribution < -0.4 is 0 Å². The Morgan fingerprint density at radius 2 is 1.89 bits per heavy atom. The summed E-state index contributed by atoms with van der Waals surface area (Å²) >= 11 is 1.48. The van der Waals surface area contributed by atoms with Crippen molar-refractivity contribution in [2.45, 2.75) is 31.6 Å². The van der Waals surface area contributed by atoms with Gasteiger partial charge in [0.05, 0.1) is 5.69 Å². The predicted molar refractivity (Wildman–Crippen MR) is 73.2 cm³/mol. The highest BCUT2D eigenvalue weighted by atomic mass is 32.1. The van der Waals surface area contributed by atoms with E-state index in [0.29, 0.717) is 10.9 Å². The molecule has 3 rings (SSSR count). The molecule has 0 atom stereocenters. The molecule has 1 heterocycles. The van der Waals surface area contributed by atoms with Crippen molar-refractivity contribution in [2.24, 2.45) is 0 Å². The van der Waals surface area contributed by atoms with E-state index in [1.165, 1.54) is 37.0 Å². The third kappa shape index (κ3) is 2.23. The zero-order valence-electron chi connectivity index (χ0n) is 10.1. The van der Waals surface area contributed by atoms with E-state index in [1.807, 2.05) is 30.3 Å². The van der Waals surface area contributed by atoms with Crippen molar-refractivity contribution in [2.75, 3.05) is 0 Å². The van der Waals surface area contributed by atoms with Crippen molar-refractivity contribution in [3.05, 3.63) is 52.0 Å². The van der Waals surface area contributed by atoms with E-state index < -0.39 is 0 Å². The molecule has 1 saturated carbocycles. The molecule has 1 aromatic carbocycles. The number of carbonyl (C=O) groups is 1. The van der Waals surface area contributed by atoms with Crippen LogP contribution in [0.25, 0.3) is 0 Å². The highest BCUT2D eigenvalue weighted by Gasteiger charge is 2.21. The average molecular weight is 257 g/mol. The number of benzene rings is 1. The summed E-state index contributed by atoms with van der Waals surface area (Å²) in [6.45, 7) is 0. The normalized spacial score (nSPS) is 16.0. The first-order valence-electron chi connectivity index (χ1n) is 6.40. The minimum absolute atomic E-state index is 0.0462. The van der Waals surface area contributed by atoms with Gasteiger partial charge in [-0.3, -0.25) is 4.79 Å². The molecule has 0 amide bonds. The highest BCUT2D eigenvalue weighted by molar-refractivity contribution is 7.12. The first-order chi connectivity index (χ1) is 8.84. The summed E-state index contributed by atoms with van der Waals surface area (Å²) in [5, 5.41) is 2.69. The summed E-state index contributed by atoms with van der Waals surface area (Å²) in [7, 11) is 0. The lowest BCUT2D eigenvalue weighted by Gasteiger charge is -2.03. The summed E-state index contributed by atoms with van der Waals surface area (Å²) in [4.78, 5) is 16.8. The molecule has 0 N–H and O–H groups in total. The highest BCUT2D eigenvalue weighted by Crippen LogP contribution is 2.34. The molecule has 0 radical (unpaired) electrons. The van der Waals surface area contributed by atoms with Crippen LogP contribution in [0.4, 0.5) is 0 Å². The number of thiazole rings is 1. The molecule has 2 aromatic rings. The van der Waals surface area contributed by atoms with Gasteiger partial charge in [-0.2, -0.15) is 0 Å². The molecule has 2 nitrogen and oxygen atoms in total. The fourth-order valence-electron chi connectivity index (χ4n) is 2.51. The maximum absolute atomic E-state index is 12.2. The van der Waals surface area contributed by atoms with Gasteiger partial charge in [0, 0.05) is 16.9 Å². The van der Waals surface area contributed by atoms with Gasteiger partial charge in [0.1, 0.15) is 0 Å². The van der Waals surface area contributed by atoms with E-state index in [9.17, 15) is 4.79 Å². The molecular formula is C15H15NOS. The molecule has 0 saturated heterocycles. The van der Waals surface area contributed by atoms with E-state index >= 15 is 0 Å². The molecule has 1 fully saturated rings. The number of ketones is 1. The molecule has 92 valence electrons. The molecule has 1 aromatic heterocycles. The van der Waals surface area contributed by atoms with E-state index in [0.717, 1.165) is 11.3 Å². The lowest BCUT2D eigenvalue weighted by atomic mass is 10.1. The summed E-state index contributed by atoms with van der Waals surface area (Å²) in [6, 6.07) is 9.39. The van der Waals surface area contributed by atoms with Gasteiger partial charge in [0.25, 0.3) is 0 Å². The van der Waals surface area contributed by atoms with Crippen LogP contribution in [-0.4, -0.2) is 10.8 Å². The Bertz CT molecular complexity index is 541. The Balaban J connectivity index is 1.83. The van der Waals surface area contributed by atoms with Crippen molar-refractivity contribution in [3.63, 3.8) is 0 Å². The fourth-order valence-corrected chi connectivity index (χ4v) is 3.37. The topological polar surface area (TPSA) is 30.0 Å². The second kappa shape index (κ2) is 5.02. The second-order valence-electron chi connectivity index (χ2n) is 4.75. The third-order valence-corrected chi connectivity index (χ3v) is 4.38. The maximum atomic E-state index is 12.2. The van der Waals surface area contributed by atoms with Gasteiger partial charge >= 0.3 is 0 Å². The van der Waals surface area contributed by atoms with Crippen LogP contribution in [-0.2, 0) is 0 Å². The Hall–Kier alpha value is -1.48. The average Bonchev–Trinajstić information content (AvgIpc) is 3.09. The molecular weight excluding hydrogens is 242 g/mol. The van der Waals surface area contributed by atoms with Crippen molar-refractivity contribution >= 4 is 17.1 Å². The molecule has 18 heavy (non-hydrogen) atoms. The summed E-state index contributed by atoms with van der Waals surface area (Å²) in [6.07, 6.45) is 5.04. The third-order valence-electron chi connectivity index (χ3n) is 3.53. The lowest BCUT2D eigenvalue weighted by Crippen LogP contribution is -2.01. The molecule has 0 aliphatic heterocycles. The summed E-state index contributed by atoms with van der Waals surface area (Å²) in [5.74, 6) is 0.628. The fraction of sp³-hybridized carbons (Fsp3) is 0.333. The Kier molecular flexibility index (Phi) is 3.24. The van der Waals surface area contributed by atoms with Gasteiger partial charge in [-0.15, -0.1) is 11.3 Å². The number of aromatic nitrogens is 1. The van der Waals surface area contributed by atoms with Gasteiger partial charge in [0.2, 0.25) is 5.78 Å². The van der Waals surface area contributed by atoms with Crippen LogP contribution in [0.3, 0.4) is 0 Å². The van der Waals surface area contributed by atoms with Crippen LogP contribution in [0, 0.1) is 0 Å². The number of hydrogen-bond acceptors (Lipinski definition) is 3. The van der Waals surface area contributed by atoms with Gasteiger partial charge in [-0.25, -0.2) is 4.98 Å². The quantitative estimate of drug-likeness (QED) is 0.777. The smallest absolute Gasteiger partial charge is 0.221 e. The zero-order valence-corrected chi connectivity index (χ0v) is 11.0. The van der Waals surface area contributed by atoms with Gasteiger partial charge in [0.15, 0.2) is 5.01 Å². The van der Waals surface area contributed by atoms with Crippen molar-refractivity contribution < 1.29 is 4.79 Å². The molecule has 0 unspecified atom stereocenters. The van der Waals surface area contributed by atoms with Crippen molar-refractivity contribution in [3.8, 4) is 0 Å².